The molecule has 1 heterocycles. The smallest absolute Gasteiger partial charge is 0.118 e. The van der Waals surface area contributed by atoms with Crippen LogP contribution >= 0.6 is 15.9 Å². The Labute approximate surface area is 61.5 Å². The number of rotatable bonds is 2. The van der Waals surface area contributed by atoms with Crippen molar-refractivity contribution in [2.45, 2.75) is 18.7 Å². The van der Waals surface area contributed by atoms with Gasteiger partial charge >= 0.3 is 0 Å². The Morgan fingerprint density at radius 1 is 1.44 bits per heavy atom. The third-order valence-corrected chi connectivity index (χ3v) is 1.63. The minimum absolute atomic E-state index is 0.722. The Balaban J connectivity index is 2.85. The van der Waals surface area contributed by atoms with Crippen molar-refractivity contribution in [1.82, 2.24) is 10.3 Å². The molecule has 0 N–H and O–H groups in total. The average molecular weight is 191 g/mol. The van der Waals surface area contributed by atoms with E-state index in [0.29, 0.717) is 0 Å². The van der Waals surface area contributed by atoms with Gasteiger partial charge in [-0.05, 0) is 6.42 Å². The molecule has 0 aliphatic rings. The normalized spacial score (nSPS) is 10.0. The highest BCUT2D eigenvalue weighted by Crippen LogP contribution is 2.06. The van der Waals surface area contributed by atoms with Crippen LogP contribution in [0.25, 0.3) is 0 Å². The first-order valence-corrected chi connectivity index (χ1v) is 3.87. The van der Waals surface area contributed by atoms with Gasteiger partial charge in [-0.15, -0.1) is 0 Å². The highest BCUT2D eigenvalue weighted by atomic mass is 79.9. The quantitative estimate of drug-likeness (QED) is 0.665. The lowest BCUT2D eigenvalue weighted by molar-refractivity contribution is 0.301. The maximum absolute atomic E-state index is 4.50. The molecule has 3 nitrogen and oxygen atoms in total. The van der Waals surface area contributed by atoms with E-state index < -0.39 is 0 Å². The lowest BCUT2D eigenvalue weighted by Crippen LogP contribution is -1.85. The van der Waals surface area contributed by atoms with Crippen LogP contribution in [0.4, 0.5) is 0 Å². The number of alkyl halides is 1. The van der Waals surface area contributed by atoms with E-state index in [4.69, 9.17) is 0 Å². The second kappa shape index (κ2) is 2.96. The zero-order chi connectivity index (χ0) is 6.69. The number of nitrogens with zero attached hydrogens (tertiary/aromatic N) is 2. The highest BCUT2D eigenvalue weighted by Gasteiger charge is 2.03. The molecule has 0 saturated heterocycles. The molecule has 0 aliphatic carbocycles. The topological polar surface area (TPSA) is 38.9 Å². The highest BCUT2D eigenvalue weighted by molar-refractivity contribution is 9.08. The van der Waals surface area contributed by atoms with Gasteiger partial charge in [0, 0.05) is 0 Å². The van der Waals surface area contributed by atoms with Crippen LogP contribution in [0, 0.1) is 0 Å². The molecule has 9 heavy (non-hydrogen) atoms. The van der Waals surface area contributed by atoms with Gasteiger partial charge in [-0.25, -0.2) is 4.63 Å². The van der Waals surface area contributed by atoms with Gasteiger partial charge in [0.15, 0.2) is 0 Å². The van der Waals surface area contributed by atoms with Crippen molar-refractivity contribution in [2.24, 2.45) is 0 Å². The Bertz CT molecular complexity index is 168. The molecule has 0 fully saturated rings. The zero-order valence-electron chi connectivity index (χ0n) is 5.09. The van der Waals surface area contributed by atoms with E-state index in [9.17, 15) is 0 Å². The van der Waals surface area contributed by atoms with Crippen LogP contribution in [0.5, 0.6) is 0 Å². The minimum atomic E-state index is 0.722. The van der Waals surface area contributed by atoms with E-state index in [1.165, 1.54) is 0 Å². The van der Waals surface area contributed by atoms with Crippen LogP contribution < -0.4 is 0 Å². The number of aromatic nitrogens is 2. The fourth-order valence-corrected chi connectivity index (χ4v) is 1.02. The van der Waals surface area contributed by atoms with Crippen molar-refractivity contribution in [3.8, 4) is 0 Å². The van der Waals surface area contributed by atoms with Crippen molar-refractivity contribution in [3.63, 3.8) is 0 Å². The van der Waals surface area contributed by atoms with Gasteiger partial charge in [0.25, 0.3) is 0 Å². The summed E-state index contributed by atoms with van der Waals surface area (Å²) in [7, 11) is 0. The molecule has 50 valence electrons. The monoisotopic (exact) mass is 190 g/mol. The Morgan fingerprint density at radius 2 is 2.11 bits per heavy atom. The van der Waals surface area contributed by atoms with E-state index in [2.05, 4.69) is 30.9 Å². The molecular formula is C5H7BrN2O. The van der Waals surface area contributed by atoms with Crippen molar-refractivity contribution < 1.29 is 4.63 Å². The van der Waals surface area contributed by atoms with Gasteiger partial charge in [0.05, 0.1) is 5.33 Å². The van der Waals surface area contributed by atoms with E-state index >= 15 is 0 Å². The van der Waals surface area contributed by atoms with Crippen molar-refractivity contribution >= 4 is 15.9 Å². The van der Waals surface area contributed by atoms with E-state index in [1.807, 2.05) is 6.92 Å². The first kappa shape index (κ1) is 6.74. The SMILES string of the molecule is CCc1nonc1CBr. The molecule has 1 aromatic rings. The standard InChI is InChI=1S/C5H7BrN2O/c1-2-4-5(3-6)8-9-7-4/h2-3H2,1H3. The number of hydrogen-bond donors (Lipinski definition) is 0. The summed E-state index contributed by atoms with van der Waals surface area (Å²) in [4.78, 5) is 0. The molecule has 1 aromatic heterocycles. The Kier molecular flexibility index (Phi) is 2.22. The number of halogens is 1. The summed E-state index contributed by atoms with van der Waals surface area (Å²) in [5, 5.41) is 8.08. The lowest BCUT2D eigenvalue weighted by Gasteiger charge is -1.84. The third-order valence-electron chi connectivity index (χ3n) is 1.10. The molecule has 0 unspecified atom stereocenters. The fourth-order valence-electron chi connectivity index (χ4n) is 0.594. The molecule has 0 radical (unpaired) electrons. The molecule has 0 aliphatic heterocycles. The first-order chi connectivity index (χ1) is 4.38. The maximum Gasteiger partial charge on any atom is 0.118 e. The molecule has 4 heteroatoms. The van der Waals surface area contributed by atoms with Crippen LogP contribution in [0.15, 0.2) is 4.63 Å². The molecule has 0 aromatic carbocycles. The van der Waals surface area contributed by atoms with Gasteiger partial charge < -0.3 is 0 Å². The zero-order valence-corrected chi connectivity index (χ0v) is 6.68. The van der Waals surface area contributed by atoms with Crippen molar-refractivity contribution in [3.05, 3.63) is 11.4 Å². The number of hydrogen-bond acceptors (Lipinski definition) is 3. The largest absolute Gasteiger partial charge is 0.244 e. The summed E-state index contributed by atoms with van der Waals surface area (Å²) in [6.07, 6.45) is 0.879. The maximum atomic E-state index is 4.50. The van der Waals surface area contributed by atoms with Crippen molar-refractivity contribution in [2.75, 3.05) is 0 Å². The second-order valence-corrected chi connectivity index (χ2v) is 2.21. The van der Waals surface area contributed by atoms with Gasteiger partial charge in [-0.3, -0.25) is 0 Å². The van der Waals surface area contributed by atoms with Gasteiger partial charge in [0.1, 0.15) is 11.4 Å². The molecule has 0 saturated carbocycles. The van der Waals surface area contributed by atoms with Crippen LogP contribution in [0.2, 0.25) is 0 Å². The predicted molar refractivity (Wildman–Crippen MR) is 36.3 cm³/mol. The number of aryl methyl sites for hydroxylation is 1. The van der Waals surface area contributed by atoms with Gasteiger partial charge in [0.2, 0.25) is 0 Å². The van der Waals surface area contributed by atoms with Gasteiger partial charge in [-0.2, -0.15) is 0 Å². The molecule has 1 rings (SSSR count). The first-order valence-electron chi connectivity index (χ1n) is 2.74. The van der Waals surface area contributed by atoms with Crippen LogP contribution in [-0.4, -0.2) is 10.3 Å². The van der Waals surface area contributed by atoms with Crippen molar-refractivity contribution in [1.29, 1.82) is 0 Å². The third kappa shape index (κ3) is 1.30. The Hall–Kier alpha value is -0.380. The van der Waals surface area contributed by atoms with Crippen LogP contribution in [-0.2, 0) is 11.8 Å². The summed E-state index contributed by atoms with van der Waals surface area (Å²) in [5.74, 6) is 0. The van der Waals surface area contributed by atoms with Gasteiger partial charge in [-0.1, -0.05) is 33.2 Å². The average Bonchev–Trinajstić information content (AvgIpc) is 2.33. The fraction of sp³-hybridized carbons (Fsp3) is 0.600. The van der Waals surface area contributed by atoms with E-state index in [-0.39, 0.29) is 0 Å². The van der Waals surface area contributed by atoms with E-state index in [1.54, 1.807) is 0 Å². The predicted octanol–water partition coefficient (Wildman–Crippen LogP) is 1.53. The molecule has 0 atom stereocenters. The van der Waals surface area contributed by atoms with E-state index in [0.717, 1.165) is 23.1 Å². The summed E-state index contributed by atoms with van der Waals surface area (Å²) in [6.45, 7) is 2.02. The van der Waals surface area contributed by atoms with Crippen LogP contribution in [0.3, 0.4) is 0 Å². The summed E-state index contributed by atoms with van der Waals surface area (Å²) in [6, 6.07) is 0. The minimum Gasteiger partial charge on any atom is -0.244 e. The second-order valence-electron chi connectivity index (χ2n) is 1.64. The molecular weight excluding hydrogens is 184 g/mol. The molecule has 0 spiro atoms. The molecule has 0 bridgehead atoms. The Morgan fingerprint density at radius 3 is 2.56 bits per heavy atom. The summed E-state index contributed by atoms with van der Waals surface area (Å²) in [5.41, 5.74) is 1.84. The molecule has 0 amide bonds. The summed E-state index contributed by atoms with van der Waals surface area (Å²) >= 11 is 3.27. The lowest BCUT2D eigenvalue weighted by atomic mass is 10.3. The van der Waals surface area contributed by atoms with Crippen LogP contribution in [0.1, 0.15) is 18.3 Å². The summed E-state index contributed by atoms with van der Waals surface area (Å²) < 4.78 is 4.50.